The van der Waals surface area contributed by atoms with Gasteiger partial charge < -0.3 is 39.0 Å². The summed E-state index contributed by atoms with van der Waals surface area (Å²) in [6.07, 6.45) is -3.30. The zero-order valence-corrected chi connectivity index (χ0v) is 31.6. The maximum Gasteiger partial charge on any atom is 0.351 e. The number of methoxy groups -OCH3 is 2. The van der Waals surface area contributed by atoms with Crippen LogP contribution in [0, 0.1) is 0 Å². The van der Waals surface area contributed by atoms with Crippen molar-refractivity contribution >= 4 is 39.0 Å². The monoisotopic (exact) mass is 778 g/mol. The number of rotatable bonds is 10. The topological polar surface area (TPSA) is 168 Å². The molecule has 2 fully saturated rings. The summed E-state index contributed by atoms with van der Waals surface area (Å²) in [5.74, 6) is 0.715. The van der Waals surface area contributed by atoms with Gasteiger partial charge in [-0.05, 0) is 59.2 Å². The number of amides is 1. The Labute approximate surface area is 318 Å². The molecule has 2 N–H and O–H groups in total. The molecule has 0 aliphatic carbocycles. The summed E-state index contributed by atoms with van der Waals surface area (Å²) in [6, 6.07) is 26.1. The SMILES string of the molecule is COc1ccc(C(OC2CO[C@@H](n3ccc(NC(C)=O)nc3=O)C(OC(=S)N3CCS(=O)(=O)CC3)C(O)C2)(c2ccccc2)c2ccc(OC)cc2)cc1. The fourth-order valence-electron chi connectivity index (χ4n) is 6.64. The molecule has 16 heteroatoms. The number of thiocarbonyl (C=S) groups is 1. The van der Waals surface area contributed by atoms with Gasteiger partial charge in [-0.15, -0.1) is 0 Å². The number of nitrogens with one attached hydrogen (secondary N) is 1. The predicted octanol–water partition coefficient (Wildman–Crippen LogP) is 3.28. The highest BCUT2D eigenvalue weighted by Crippen LogP contribution is 2.44. The number of carbonyl (C=O) groups excluding carboxylic acids is 1. The van der Waals surface area contributed by atoms with E-state index in [1.165, 1.54) is 19.2 Å². The number of carbonyl (C=O) groups is 1. The average molecular weight is 779 g/mol. The Hall–Kier alpha value is -4.87. The number of aromatic nitrogens is 2. The maximum absolute atomic E-state index is 13.4. The van der Waals surface area contributed by atoms with Gasteiger partial charge in [-0.2, -0.15) is 4.98 Å². The van der Waals surface area contributed by atoms with E-state index in [2.05, 4.69) is 10.3 Å². The number of anilines is 1. The van der Waals surface area contributed by atoms with Crippen LogP contribution < -0.4 is 20.5 Å². The van der Waals surface area contributed by atoms with E-state index >= 15 is 0 Å². The molecule has 4 atom stereocenters. The van der Waals surface area contributed by atoms with Gasteiger partial charge in [-0.3, -0.25) is 9.36 Å². The summed E-state index contributed by atoms with van der Waals surface area (Å²) in [6.45, 7) is 1.40. The van der Waals surface area contributed by atoms with Crippen LogP contribution in [0.5, 0.6) is 11.5 Å². The quantitative estimate of drug-likeness (QED) is 0.178. The molecular weight excluding hydrogens is 737 g/mol. The average Bonchev–Trinajstić information content (AvgIpc) is 3.31. The van der Waals surface area contributed by atoms with Gasteiger partial charge in [0.15, 0.2) is 22.2 Å². The lowest BCUT2D eigenvalue weighted by molar-refractivity contribution is -0.120. The molecule has 1 amide bonds. The Balaban J connectivity index is 1.41. The van der Waals surface area contributed by atoms with Gasteiger partial charge in [0.2, 0.25) is 5.91 Å². The number of benzene rings is 3. The molecular formula is C38H42N4O10S2. The van der Waals surface area contributed by atoms with Crippen LogP contribution in [0.25, 0.3) is 0 Å². The van der Waals surface area contributed by atoms with E-state index in [1.54, 1.807) is 19.1 Å². The van der Waals surface area contributed by atoms with Gasteiger partial charge >= 0.3 is 5.69 Å². The molecule has 54 heavy (non-hydrogen) atoms. The summed E-state index contributed by atoms with van der Waals surface area (Å²) in [4.78, 5) is 30.7. The third kappa shape index (κ3) is 8.58. The molecule has 4 aromatic rings. The molecule has 3 aromatic carbocycles. The largest absolute Gasteiger partial charge is 0.497 e. The Morgan fingerprint density at radius 2 is 1.50 bits per heavy atom. The van der Waals surface area contributed by atoms with Crippen LogP contribution in [0.1, 0.15) is 36.3 Å². The second kappa shape index (κ2) is 16.7. The lowest BCUT2D eigenvalue weighted by atomic mass is 9.79. The highest BCUT2D eigenvalue weighted by atomic mass is 32.2. The molecule has 14 nitrogen and oxygen atoms in total. The zero-order valence-electron chi connectivity index (χ0n) is 30.0. The van der Waals surface area contributed by atoms with Crippen molar-refractivity contribution in [1.29, 1.82) is 0 Å². The standard InChI is InChI=1S/C38H42N4O10S2/c1-25(43)39-33-17-18-42(36(45)40-33)35-34(51-37(53)41-19-21-54(46,47)22-20-41)32(44)23-31(24-50-35)52-38(26-7-5-4-6-8-26,27-9-13-29(48-2)14-10-27)28-11-15-30(49-3)16-12-28/h4-18,31-32,34-35,44H,19-24H2,1-3H3,(H,39,40,43,45)/t31?,32?,34?,35-/m1/s1. The first-order chi connectivity index (χ1) is 25.9. The third-order valence-electron chi connectivity index (χ3n) is 9.38. The van der Waals surface area contributed by atoms with E-state index < -0.39 is 51.6 Å². The number of aliphatic hydroxyl groups is 1. The van der Waals surface area contributed by atoms with Gasteiger partial charge in [-0.25, -0.2) is 13.2 Å². The Bertz CT molecular complexity index is 2040. The van der Waals surface area contributed by atoms with Crippen LogP contribution >= 0.6 is 12.2 Å². The first kappa shape index (κ1) is 38.8. The summed E-state index contributed by atoms with van der Waals surface area (Å²) in [5.41, 5.74) is 0.280. The maximum atomic E-state index is 13.4. The Morgan fingerprint density at radius 3 is 2.04 bits per heavy atom. The van der Waals surface area contributed by atoms with Gasteiger partial charge in [-0.1, -0.05) is 54.6 Å². The zero-order chi connectivity index (χ0) is 38.5. The van der Waals surface area contributed by atoms with Crippen molar-refractivity contribution in [3.8, 4) is 11.5 Å². The molecule has 3 heterocycles. The van der Waals surface area contributed by atoms with Crippen molar-refractivity contribution in [2.45, 2.75) is 43.5 Å². The molecule has 0 saturated carbocycles. The lowest BCUT2D eigenvalue weighted by Gasteiger charge is -2.39. The second-order valence-corrected chi connectivity index (χ2v) is 15.6. The molecule has 0 radical (unpaired) electrons. The van der Waals surface area contributed by atoms with E-state index in [-0.39, 0.29) is 48.6 Å². The Morgan fingerprint density at radius 1 is 0.926 bits per heavy atom. The number of hydrogen-bond acceptors (Lipinski definition) is 12. The highest BCUT2D eigenvalue weighted by Gasteiger charge is 2.45. The summed E-state index contributed by atoms with van der Waals surface area (Å²) < 4.78 is 56.3. The molecule has 2 aliphatic rings. The number of aliphatic hydroxyl groups excluding tert-OH is 1. The number of nitrogens with zero attached hydrogens (tertiary/aromatic N) is 3. The molecule has 6 rings (SSSR count). The fourth-order valence-corrected chi connectivity index (χ4v) is 8.14. The first-order valence-electron chi connectivity index (χ1n) is 17.3. The molecule has 0 bridgehead atoms. The normalized spacial score (nSPS) is 21.4. The fraction of sp³-hybridized carbons (Fsp3) is 0.368. The minimum Gasteiger partial charge on any atom is -0.497 e. The summed E-state index contributed by atoms with van der Waals surface area (Å²) in [5, 5.41) is 14.4. The van der Waals surface area contributed by atoms with E-state index in [4.69, 9.17) is 35.9 Å². The minimum absolute atomic E-state index is 0.0226. The number of ether oxygens (including phenoxy) is 5. The van der Waals surface area contributed by atoms with Crippen LogP contribution in [0.2, 0.25) is 0 Å². The van der Waals surface area contributed by atoms with E-state index in [0.717, 1.165) is 21.3 Å². The molecule has 286 valence electrons. The van der Waals surface area contributed by atoms with Crippen LogP contribution in [-0.2, 0) is 34.4 Å². The van der Waals surface area contributed by atoms with Crippen molar-refractivity contribution in [2.24, 2.45) is 0 Å². The van der Waals surface area contributed by atoms with Crippen molar-refractivity contribution in [3.63, 3.8) is 0 Å². The predicted molar refractivity (Wildman–Crippen MR) is 203 cm³/mol. The van der Waals surface area contributed by atoms with Crippen molar-refractivity contribution in [2.75, 3.05) is 50.7 Å². The number of sulfone groups is 1. The van der Waals surface area contributed by atoms with Crippen LogP contribution in [0.4, 0.5) is 5.82 Å². The van der Waals surface area contributed by atoms with Crippen LogP contribution in [-0.4, -0.2) is 103 Å². The lowest BCUT2D eigenvalue weighted by Crippen LogP contribution is -2.48. The van der Waals surface area contributed by atoms with Gasteiger partial charge in [0.25, 0.3) is 5.17 Å². The highest BCUT2D eigenvalue weighted by molar-refractivity contribution is 7.91. The van der Waals surface area contributed by atoms with Crippen LogP contribution in [0.15, 0.2) is 95.9 Å². The van der Waals surface area contributed by atoms with Crippen molar-refractivity contribution < 1.29 is 42.0 Å². The van der Waals surface area contributed by atoms with Gasteiger partial charge in [0.1, 0.15) is 22.9 Å². The van der Waals surface area contributed by atoms with E-state index in [0.29, 0.717) is 11.5 Å². The first-order valence-corrected chi connectivity index (χ1v) is 19.5. The number of hydrogen-bond donors (Lipinski definition) is 2. The summed E-state index contributed by atoms with van der Waals surface area (Å²) >= 11 is 5.62. The van der Waals surface area contributed by atoms with Crippen LogP contribution in [0.3, 0.4) is 0 Å². The minimum atomic E-state index is -3.22. The molecule has 2 aliphatic heterocycles. The Kier molecular flexibility index (Phi) is 12.0. The third-order valence-corrected chi connectivity index (χ3v) is 11.3. The van der Waals surface area contributed by atoms with E-state index in [9.17, 15) is 23.1 Å². The van der Waals surface area contributed by atoms with E-state index in [1.807, 2.05) is 78.9 Å². The molecule has 1 aromatic heterocycles. The van der Waals surface area contributed by atoms with Gasteiger partial charge in [0, 0.05) is 32.6 Å². The molecule has 0 spiro atoms. The van der Waals surface area contributed by atoms with Gasteiger partial charge in [0.05, 0.1) is 44.5 Å². The molecule has 3 unspecified atom stereocenters. The van der Waals surface area contributed by atoms with Crippen molar-refractivity contribution in [3.05, 3.63) is 118 Å². The smallest absolute Gasteiger partial charge is 0.351 e. The second-order valence-electron chi connectivity index (χ2n) is 12.9. The summed E-state index contributed by atoms with van der Waals surface area (Å²) in [7, 11) is -0.0397. The van der Waals surface area contributed by atoms with Crippen molar-refractivity contribution in [1.82, 2.24) is 14.5 Å². The molecule has 2 saturated heterocycles.